The molecular formula is C12H8BrClF2N2O2S. The highest BCUT2D eigenvalue weighted by Crippen LogP contribution is 2.27. The first-order chi connectivity index (χ1) is 9.70. The molecule has 0 aliphatic rings. The second kappa shape index (κ2) is 5.78. The van der Waals surface area contributed by atoms with Crippen LogP contribution in [0.4, 0.5) is 20.2 Å². The predicted octanol–water partition coefficient (Wildman–Crippen LogP) is 3.76. The molecule has 2 aromatic carbocycles. The van der Waals surface area contributed by atoms with Crippen LogP contribution in [0.3, 0.4) is 0 Å². The zero-order valence-electron chi connectivity index (χ0n) is 10.2. The van der Waals surface area contributed by atoms with E-state index in [0.29, 0.717) is 0 Å². The van der Waals surface area contributed by atoms with E-state index in [1.54, 1.807) is 0 Å². The first-order valence-electron chi connectivity index (χ1n) is 5.43. The van der Waals surface area contributed by atoms with Crippen molar-refractivity contribution < 1.29 is 17.2 Å². The second-order valence-corrected chi connectivity index (χ2v) is 6.98. The number of nitrogen functional groups attached to an aromatic ring is 1. The van der Waals surface area contributed by atoms with Crippen LogP contribution in [-0.2, 0) is 10.0 Å². The Balaban J connectivity index is 2.42. The van der Waals surface area contributed by atoms with E-state index >= 15 is 0 Å². The average molecular weight is 398 g/mol. The van der Waals surface area contributed by atoms with Crippen LogP contribution in [0.15, 0.2) is 39.7 Å². The molecule has 21 heavy (non-hydrogen) atoms. The number of halogens is 4. The number of rotatable bonds is 3. The van der Waals surface area contributed by atoms with Gasteiger partial charge in [0.2, 0.25) is 0 Å². The van der Waals surface area contributed by atoms with E-state index in [0.717, 1.165) is 18.2 Å². The van der Waals surface area contributed by atoms with Gasteiger partial charge in [-0.1, -0.05) is 11.6 Å². The summed E-state index contributed by atoms with van der Waals surface area (Å²) in [5.74, 6) is -1.72. The van der Waals surface area contributed by atoms with Crippen LogP contribution in [0, 0.1) is 11.6 Å². The number of hydrogen-bond donors (Lipinski definition) is 2. The molecule has 112 valence electrons. The zero-order chi connectivity index (χ0) is 15.8. The molecule has 0 heterocycles. The molecule has 0 saturated carbocycles. The lowest BCUT2D eigenvalue weighted by molar-refractivity contribution is 0.592. The molecule has 0 spiro atoms. The molecule has 0 fully saturated rings. The van der Waals surface area contributed by atoms with Crippen molar-refractivity contribution in [3.05, 3.63) is 51.5 Å². The van der Waals surface area contributed by atoms with E-state index in [9.17, 15) is 17.2 Å². The number of benzene rings is 2. The van der Waals surface area contributed by atoms with Crippen LogP contribution < -0.4 is 10.5 Å². The summed E-state index contributed by atoms with van der Waals surface area (Å²) in [6.07, 6.45) is 0. The van der Waals surface area contributed by atoms with Crippen molar-refractivity contribution in [2.24, 2.45) is 0 Å². The van der Waals surface area contributed by atoms with Crippen LogP contribution in [0.25, 0.3) is 0 Å². The van der Waals surface area contributed by atoms with E-state index in [-0.39, 0.29) is 20.1 Å². The van der Waals surface area contributed by atoms with Crippen molar-refractivity contribution in [1.29, 1.82) is 0 Å². The van der Waals surface area contributed by atoms with Gasteiger partial charge in [-0.15, -0.1) is 0 Å². The third-order valence-electron chi connectivity index (χ3n) is 2.54. The van der Waals surface area contributed by atoms with Gasteiger partial charge in [0.15, 0.2) is 0 Å². The number of anilines is 2. The standard InChI is InChI=1S/C12H8BrClF2N2O2S/c13-7-4-10(16)12(5-9(7)15)18-21(19,20)6-1-2-11(17)8(14)3-6/h1-5,18H,17H2. The topological polar surface area (TPSA) is 72.2 Å². The van der Waals surface area contributed by atoms with Gasteiger partial charge in [-0.3, -0.25) is 4.72 Å². The summed E-state index contributed by atoms with van der Waals surface area (Å²) < 4.78 is 53.1. The van der Waals surface area contributed by atoms with Crippen LogP contribution >= 0.6 is 27.5 Å². The van der Waals surface area contributed by atoms with E-state index in [1.165, 1.54) is 12.1 Å². The fraction of sp³-hybridized carbons (Fsp3) is 0. The Hall–Kier alpha value is -1.38. The SMILES string of the molecule is Nc1ccc(S(=O)(=O)Nc2cc(F)c(Br)cc2F)cc1Cl. The van der Waals surface area contributed by atoms with Crippen molar-refractivity contribution in [3.63, 3.8) is 0 Å². The minimum Gasteiger partial charge on any atom is -0.398 e. The van der Waals surface area contributed by atoms with Gasteiger partial charge in [0.1, 0.15) is 11.6 Å². The van der Waals surface area contributed by atoms with Crippen molar-refractivity contribution in [1.82, 2.24) is 0 Å². The zero-order valence-corrected chi connectivity index (χ0v) is 13.4. The molecule has 0 aromatic heterocycles. The Bertz CT molecular complexity index is 815. The lowest BCUT2D eigenvalue weighted by Gasteiger charge is -2.10. The Labute approximate surface area is 133 Å². The molecule has 3 N–H and O–H groups in total. The summed E-state index contributed by atoms with van der Waals surface area (Å²) in [5.41, 5.74) is 5.18. The molecule has 9 heteroatoms. The molecule has 0 bridgehead atoms. The van der Waals surface area contributed by atoms with Crippen LogP contribution in [0.1, 0.15) is 0 Å². The van der Waals surface area contributed by atoms with Gasteiger partial charge in [-0.05, 0) is 40.2 Å². The molecule has 2 aromatic rings. The van der Waals surface area contributed by atoms with Crippen molar-refractivity contribution in [2.75, 3.05) is 10.5 Å². The van der Waals surface area contributed by atoms with Crippen LogP contribution in [-0.4, -0.2) is 8.42 Å². The summed E-state index contributed by atoms with van der Waals surface area (Å²) in [7, 11) is -4.12. The third kappa shape index (κ3) is 3.45. The average Bonchev–Trinajstić information content (AvgIpc) is 2.39. The summed E-state index contributed by atoms with van der Waals surface area (Å²) in [5, 5.41) is 0.0420. The van der Waals surface area contributed by atoms with E-state index < -0.39 is 27.3 Å². The second-order valence-electron chi connectivity index (χ2n) is 4.03. The lowest BCUT2D eigenvalue weighted by Crippen LogP contribution is -2.14. The molecular weight excluding hydrogens is 390 g/mol. The van der Waals surface area contributed by atoms with Crippen molar-refractivity contribution in [3.8, 4) is 0 Å². The van der Waals surface area contributed by atoms with Gasteiger partial charge in [-0.2, -0.15) is 0 Å². The Morgan fingerprint density at radius 2 is 1.81 bits per heavy atom. The number of hydrogen-bond acceptors (Lipinski definition) is 3. The van der Waals surface area contributed by atoms with Crippen molar-refractivity contribution >= 4 is 48.9 Å². The van der Waals surface area contributed by atoms with Gasteiger partial charge in [-0.25, -0.2) is 17.2 Å². The molecule has 0 unspecified atom stereocenters. The molecule has 0 atom stereocenters. The minimum absolute atomic E-state index is 0.0420. The smallest absolute Gasteiger partial charge is 0.262 e. The quantitative estimate of drug-likeness (QED) is 0.612. The third-order valence-corrected chi connectivity index (χ3v) is 4.83. The molecule has 0 aliphatic carbocycles. The van der Waals surface area contributed by atoms with Crippen LogP contribution in [0.5, 0.6) is 0 Å². The molecule has 0 amide bonds. The number of nitrogens with one attached hydrogen (secondary N) is 1. The minimum atomic E-state index is -4.12. The largest absolute Gasteiger partial charge is 0.398 e. The van der Waals surface area contributed by atoms with Gasteiger partial charge < -0.3 is 5.73 Å². The number of nitrogens with two attached hydrogens (primary N) is 1. The Kier molecular flexibility index (Phi) is 4.40. The highest BCUT2D eigenvalue weighted by molar-refractivity contribution is 9.10. The van der Waals surface area contributed by atoms with Crippen LogP contribution in [0.2, 0.25) is 5.02 Å². The monoisotopic (exact) mass is 396 g/mol. The summed E-state index contributed by atoms with van der Waals surface area (Å²) in [6.45, 7) is 0. The predicted molar refractivity (Wildman–Crippen MR) is 80.7 cm³/mol. The molecule has 4 nitrogen and oxygen atoms in total. The maximum absolute atomic E-state index is 13.7. The maximum Gasteiger partial charge on any atom is 0.262 e. The Morgan fingerprint density at radius 1 is 1.14 bits per heavy atom. The maximum atomic E-state index is 13.7. The van der Waals surface area contributed by atoms with Gasteiger partial charge in [0.25, 0.3) is 10.0 Å². The lowest BCUT2D eigenvalue weighted by atomic mass is 10.3. The molecule has 2 rings (SSSR count). The highest BCUT2D eigenvalue weighted by atomic mass is 79.9. The van der Waals surface area contributed by atoms with Gasteiger partial charge in [0.05, 0.1) is 25.8 Å². The van der Waals surface area contributed by atoms with Gasteiger partial charge >= 0.3 is 0 Å². The molecule has 0 radical (unpaired) electrons. The summed E-state index contributed by atoms with van der Waals surface area (Å²) in [6, 6.07) is 5.18. The number of sulfonamides is 1. The molecule has 0 aliphatic heterocycles. The highest BCUT2D eigenvalue weighted by Gasteiger charge is 2.18. The van der Waals surface area contributed by atoms with E-state index in [4.69, 9.17) is 17.3 Å². The first kappa shape index (κ1) is 16.0. The molecule has 0 saturated heterocycles. The van der Waals surface area contributed by atoms with Gasteiger partial charge in [0, 0.05) is 6.07 Å². The summed E-state index contributed by atoms with van der Waals surface area (Å²) in [4.78, 5) is -0.218. The fourth-order valence-electron chi connectivity index (χ4n) is 1.48. The van der Waals surface area contributed by atoms with E-state index in [2.05, 4.69) is 15.9 Å². The normalized spacial score (nSPS) is 11.4. The fourth-order valence-corrected chi connectivity index (χ4v) is 3.12. The first-order valence-corrected chi connectivity index (χ1v) is 8.08. The summed E-state index contributed by atoms with van der Waals surface area (Å²) >= 11 is 8.54. The Morgan fingerprint density at radius 3 is 2.43 bits per heavy atom. The van der Waals surface area contributed by atoms with Crippen molar-refractivity contribution in [2.45, 2.75) is 4.90 Å². The van der Waals surface area contributed by atoms with E-state index in [1.807, 2.05) is 4.72 Å².